The Kier molecular flexibility index (Phi) is 5.83. The molecule has 0 unspecified atom stereocenters. The van der Waals surface area contributed by atoms with Crippen molar-refractivity contribution in [1.29, 1.82) is 0 Å². The van der Waals surface area contributed by atoms with Gasteiger partial charge in [0.25, 0.3) is 0 Å². The van der Waals surface area contributed by atoms with E-state index in [-0.39, 0.29) is 11.8 Å². The summed E-state index contributed by atoms with van der Waals surface area (Å²) in [6, 6.07) is 0. The van der Waals surface area contributed by atoms with Gasteiger partial charge >= 0.3 is 0 Å². The number of likely N-dealkylation sites (tertiary alicyclic amines) is 2. The molecule has 2 aliphatic heterocycles. The van der Waals surface area contributed by atoms with Gasteiger partial charge in [-0.3, -0.25) is 9.59 Å². The summed E-state index contributed by atoms with van der Waals surface area (Å²) in [5.74, 6) is 1.02. The predicted molar refractivity (Wildman–Crippen MR) is 78.3 cm³/mol. The molecule has 0 radical (unpaired) electrons. The number of piperidine rings is 2. The van der Waals surface area contributed by atoms with Crippen LogP contribution in [0, 0.1) is 5.92 Å². The highest BCUT2D eigenvalue weighted by Crippen LogP contribution is 2.20. The molecule has 2 fully saturated rings. The summed E-state index contributed by atoms with van der Waals surface area (Å²) >= 11 is 0. The van der Waals surface area contributed by atoms with Crippen molar-refractivity contribution in [1.82, 2.24) is 15.1 Å². The molecule has 2 heterocycles. The Morgan fingerprint density at radius 2 is 2.00 bits per heavy atom. The molecule has 0 bridgehead atoms. The molecule has 20 heavy (non-hydrogen) atoms. The van der Waals surface area contributed by atoms with Crippen LogP contribution >= 0.6 is 0 Å². The number of hydrogen-bond donors (Lipinski definition) is 1. The standard InChI is InChI=1S/C15H27N3O2/c1-16-8-5-13-6-10-17(11-7-13)15(20)12-18-9-3-2-4-14(18)19/h13,16H,2-12H2,1H3. The molecule has 0 aromatic rings. The lowest BCUT2D eigenvalue weighted by Crippen LogP contribution is -2.47. The van der Waals surface area contributed by atoms with Gasteiger partial charge in [0.05, 0.1) is 6.54 Å². The molecule has 5 nitrogen and oxygen atoms in total. The molecular weight excluding hydrogens is 254 g/mol. The zero-order valence-electron chi connectivity index (χ0n) is 12.6. The molecule has 0 aromatic carbocycles. The van der Waals surface area contributed by atoms with Crippen molar-refractivity contribution in [3.8, 4) is 0 Å². The number of hydrogen-bond acceptors (Lipinski definition) is 3. The normalized spacial score (nSPS) is 21.4. The maximum absolute atomic E-state index is 12.3. The molecule has 0 aromatic heterocycles. The second kappa shape index (κ2) is 7.62. The number of carbonyl (C=O) groups excluding carboxylic acids is 2. The van der Waals surface area contributed by atoms with E-state index in [9.17, 15) is 9.59 Å². The minimum Gasteiger partial charge on any atom is -0.341 e. The Balaban J connectivity index is 1.72. The van der Waals surface area contributed by atoms with Gasteiger partial charge in [-0.1, -0.05) is 0 Å². The van der Waals surface area contributed by atoms with Gasteiger partial charge in [-0.05, 0) is 51.6 Å². The van der Waals surface area contributed by atoms with Crippen LogP contribution < -0.4 is 5.32 Å². The van der Waals surface area contributed by atoms with Crippen LogP contribution in [0.15, 0.2) is 0 Å². The van der Waals surface area contributed by atoms with Crippen LogP contribution in [0.25, 0.3) is 0 Å². The van der Waals surface area contributed by atoms with Crippen LogP contribution in [0.3, 0.4) is 0 Å². The molecule has 5 heteroatoms. The quantitative estimate of drug-likeness (QED) is 0.813. The van der Waals surface area contributed by atoms with Crippen LogP contribution in [0.1, 0.15) is 38.5 Å². The van der Waals surface area contributed by atoms with E-state index < -0.39 is 0 Å². The van der Waals surface area contributed by atoms with Crippen LogP contribution in [0.5, 0.6) is 0 Å². The minimum absolute atomic E-state index is 0.132. The molecule has 2 rings (SSSR count). The van der Waals surface area contributed by atoms with Gasteiger partial charge < -0.3 is 15.1 Å². The van der Waals surface area contributed by atoms with Crippen molar-refractivity contribution in [3.05, 3.63) is 0 Å². The molecule has 114 valence electrons. The number of nitrogens with zero attached hydrogens (tertiary/aromatic N) is 2. The zero-order chi connectivity index (χ0) is 14.4. The fraction of sp³-hybridized carbons (Fsp3) is 0.867. The summed E-state index contributed by atoms with van der Waals surface area (Å²) in [6.07, 6.45) is 6.01. The van der Waals surface area contributed by atoms with Gasteiger partial charge in [-0.15, -0.1) is 0 Å². The first-order valence-corrected chi connectivity index (χ1v) is 7.91. The summed E-state index contributed by atoms with van der Waals surface area (Å²) in [7, 11) is 1.98. The fourth-order valence-electron chi connectivity index (χ4n) is 3.11. The van der Waals surface area contributed by atoms with E-state index in [1.165, 1.54) is 6.42 Å². The molecular formula is C15H27N3O2. The highest BCUT2D eigenvalue weighted by molar-refractivity contribution is 5.85. The summed E-state index contributed by atoms with van der Waals surface area (Å²) < 4.78 is 0. The summed E-state index contributed by atoms with van der Waals surface area (Å²) in [4.78, 5) is 27.7. The van der Waals surface area contributed by atoms with Gasteiger partial charge in [0, 0.05) is 26.1 Å². The number of nitrogens with one attached hydrogen (secondary N) is 1. The van der Waals surface area contributed by atoms with Crippen molar-refractivity contribution in [2.24, 2.45) is 5.92 Å². The first-order chi connectivity index (χ1) is 9.70. The molecule has 2 amide bonds. The molecule has 2 aliphatic rings. The third kappa shape index (κ3) is 4.20. The average molecular weight is 281 g/mol. The summed E-state index contributed by atoms with van der Waals surface area (Å²) in [6.45, 7) is 3.81. The maximum atomic E-state index is 12.3. The largest absolute Gasteiger partial charge is 0.341 e. The van der Waals surface area contributed by atoms with Gasteiger partial charge in [0.2, 0.25) is 11.8 Å². The van der Waals surface area contributed by atoms with Crippen molar-refractivity contribution in [2.75, 3.05) is 39.8 Å². The van der Waals surface area contributed by atoms with E-state index >= 15 is 0 Å². The highest BCUT2D eigenvalue weighted by Gasteiger charge is 2.26. The van der Waals surface area contributed by atoms with Crippen molar-refractivity contribution in [3.63, 3.8) is 0 Å². The van der Waals surface area contributed by atoms with Gasteiger partial charge in [0.15, 0.2) is 0 Å². The SMILES string of the molecule is CNCCC1CCN(C(=O)CN2CCCCC2=O)CC1. The predicted octanol–water partition coefficient (Wildman–Crippen LogP) is 0.847. The molecule has 0 saturated carbocycles. The Morgan fingerprint density at radius 1 is 1.25 bits per heavy atom. The Morgan fingerprint density at radius 3 is 2.65 bits per heavy atom. The van der Waals surface area contributed by atoms with Crippen LogP contribution in [0.2, 0.25) is 0 Å². The monoisotopic (exact) mass is 281 g/mol. The minimum atomic E-state index is 0.132. The number of carbonyl (C=O) groups is 2. The fourth-order valence-corrected chi connectivity index (χ4v) is 3.11. The molecule has 2 saturated heterocycles. The van der Waals surface area contributed by atoms with E-state index in [2.05, 4.69) is 5.32 Å². The molecule has 0 spiro atoms. The Hall–Kier alpha value is -1.10. The van der Waals surface area contributed by atoms with Gasteiger partial charge in [-0.2, -0.15) is 0 Å². The second-order valence-electron chi connectivity index (χ2n) is 5.99. The van der Waals surface area contributed by atoms with Crippen LogP contribution in [-0.4, -0.2) is 61.4 Å². The second-order valence-corrected chi connectivity index (χ2v) is 5.99. The zero-order valence-corrected chi connectivity index (χ0v) is 12.6. The van der Waals surface area contributed by atoms with E-state index in [0.717, 1.165) is 57.8 Å². The third-order valence-electron chi connectivity index (χ3n) is 4.52. The van der Waals surface area contributed by atoms with Crippen LogP contribution in [-0.2, 0) is 9.59 Å². The topological polar surface area (TPSA) is 52.7 Å². The van der Waals surface area contributed by atoms with Crippen molar-refractivity contribution in [2.45, 2.75) is 38.5 Å². The lowest BCUT2D eigenvalue weighted by Gasteiger charge is -2.34. The third-order valence-corrected chi connectivity index (χ3v) is 4.52. The Bertz CT molecular complexity index is 338. The molecule has 1 N–H and O–H groups in total. The number of amides is 2. The summed E-state index contributed by atoms with van der Waals surface area (Å²) in [5, 5.41) is 3.18. The lowest BCUT2D eigenvalue weighted by atomic mass is 9.93. The molecule has 0 aliphatic carbocycles. The molecule has 0 atom stereocenters. The van der Waals surface area contributed by atoms with Crippen molar-refractivity contribution >= 4 is 11.8 Å². The summed E-state index contributed by atoms with van der Waals surface area (Å²) in [5.41, 5.74) is 0. The van der Waals surface area contributed by atoms with Gasteiger partial charge in [0.1, 0.15) is 0 Å². The first kappa shape index (κ1) is 15.3. The highest BCUT2D eigenvalue weighted by atomic mass is 16.2. The lowest BCUT2D eigenvalue weighted by molar-refractivity contribution is -0.142. The van der Waals surface area contributed by atoms with E-state index in [0.29, 0.717) is 13.0 Å². The Labute approximate surface area is 121 Å². The smallest absolute Gasteiger partial charge is 0.242 e. The van der Waals surface area contributed by atoms with E-state index in [4.69, 9.17) is 0 Å². The van der Waals surface area contributed by atoms with E-state index in [1.807, 2.05) is 11.9 Å². The van der Waals surface area contributed by atoms with Gasteiger partial charge in [-0.25, -0.2) is 0 Å². The maximum Gasteiger partial charge on any atom is 0.242 e. The number of rotatable bonds is 5. The van der Waals surface area contributed by atoms with Crippen LogP contribution in [0.4, 0.5) is 0 Å². The first-order valence-electron chi connectivity index (χ1n) is 7.91. The van der Waals surface area contributed by atoms with E-state index in [1.54, 1.807) is 4.90 Å². The average Bonchev–Trinajstić information content (AvgIpc) is 2.48. The van der Waals surface area contributed by atoms with Crippen molar-refractivity contribution < 1.29 is 9.59 Å².